The van der Waals surface area contributed by atoms with Crippen molar-refractivity contribution in [1.29, 1.82) is 0 Å². The van der Waals surface area contributed by atoms with Crippen LogP contribution in [0.25, 0.3) is 0 Å². The van der Waals surface area contributed by atoms with Gasteiger partial charge in [-0.05, 0) is 71.1 Å². The lowest BCUT2D eigenvalue weighted by molar-refractivity contribution is -0.125. The average Bonchev–Trinajstić information content (AvgIpc) is 2.95. The first-order chi connectivity index (χ1) is 20.3. The molecule has 0 aliphatic carbocycles. The van der Waals surface area contributed by atoms with Crippen LogP contribution in [-0.2, 0) is 27.1 Å². The summed E-state index contributed by atoms with van der Waals surface area (Å²) < 4.78 is 16.3. The fraction of sp³-hybridized carbons (Fsp3) is 0.567. The number of methoxy groups -OCH3 is 1. The van der Waals surface area contributed by atoms with Gasteiger partial charge in [-0.1, -0.05) is 6.92 Å². The monoisotopic (exact) mass is 599 g/mol. The lowest BCUT2D eigenvalue weighted by Crippen LogP contribution is -2.47. The lowest BCUT2D eigenvalue weighted by Gasteiger charge is -2.28. The van der Waals surface area contributed by atoms with E-state index in [0.29, 0.717) is 55.5 Å². The highest BCUT2D eigenvalue weighted by molar-refractivity contribution is 5.96. The van der Waals surface area contributed by atoms with Crippen LogP contribution in [0.5, 0.6) is 5.75 Å². The molecule has 2 aromatic rings. The molecule has 1 saturated heterocycles. The van der Waals surface area contributed by atoms with Crippen molar-refractivity contribution >= 4 is 35.2 Å². The zero-order valence-electron chi connectivity index (χ0n) is 26.2. The molecule has 2 heterocycles. The van der Waals surface area contributed by atoms with Gasteiger partial charge in [-0.25, -0.2) is 14.8 Å². The van der Waals surface area contributed by atoms with E-state index in [1.165, 1.54) is 11.9 Å². The molecule has 1 fully saturated rings. The number of nitrogens with zero attached hydrogens (tertiary/aromatic N) is 3. The SMILES string of the molecule is CCc1nc(C(N)=O)c(Nc2cc(CCNC(=O)[C@H](C)N(C)C(=O)OC(C)(C)C)cc(OC)c2)nc1NC1CCOCC1. The second-order valence-corrected chi connectivity index (χ2v) is 11.5. The Kier molecular flexibility index (Phi) is 11.5. The molecule has 3 rings (SSSR count). The molecular weight excluding hydrogens is 554 g/mol. The number of nitrogens with two attached hydrogens (primary N) is 1. The normalized spacial score (nSPS) is 14.4. The van der Waals surface area contributed by atoms with Crippen molar-refractivity contribution in [3.63, 3.8) is 0 Å². The predicted molar refractivity (Wildman–Crippen MR) is 164 cm³/mol. The number of amides is 3. The van der Waals surface area contributed by atoms with E-state index in [4.69, 9.17) is 24.9 Å². The van der Waals surface area contributed by atoms with Gasteiger partial charge in [0.15, 0.2) is 17.3 Å². The molecule has 13 heteroatoms. The fourth-order valence-electron chi connectivity index (χ4n) is 4.40. The Morgan fingerprint density at radius 2 is 1.84 bits per heavy atom. The average molecular weight is 600 g/mol. The van der Waals surface area contributed by atoms with Gasteiger partial charge >= 0.3 is 6.09 Å². The van der Waals surface area contributed by atoms with Gasteiger partial charge in [-0.3, -0.25) is 14.5 Å². The summed E-state index contributed by atoms with van der Waals surface area (Å²) in [6.07, 6.45) is 2.16. The maximum atomic E-state index is 12.7. The topological polar surface area (TPSA) is 170 Å². The number of hydrogen-bond donors (Lipinski definition) is 4. The minimum absolute atomic E-state index is 0.0362. The second kappa shape index (κ2) is 14.9. The molecule has 1 aromatic heterocycles. The number of benzene rings is 1. The van der Waals surface area contributed by atoms with Gasteiger partial charge in [0.05, 0.1) is 12.8 Å². The summed E-state index contributed by atoms with van der Waals surface area (Å²) in [7, 11) is 3.08. The van der Waals surface area contributed by atoms with E-state index in [2.05, 4.69) is 20.9 Å². The second-order valence-electron chi connectivity index (χ2n) is 11.5. The van der Waals surface area contributed by atoms with Crippen molar-refractivity contribution in [3.05, 3.63) is 35.2 Å². The van der Waals surface area contributed by atoms with Gasteiger partial charge in [0.2, 0.25) is 5.91 Å². The molecule has 0 bridgehead atoms. The van der Waals surface area contributed by atoms with Crippen molar-refractivity contribution in [3.8, 4) is 5.75 Å². The number of anilines is 3. The summed E-state index contributed by atoms with van der Waals surface area (Å²) in [5.41, 5.74) is 7.18. The van der Waals surface area contributed by atoms with E-state index in [1.807, 2.05) is 19.1 Å². The Balaban J connectivity index is 1.74. The highest BCUT2D eigenvalue weighted by Crippen LogP contribution is 2.27. The Bertz CT molecular complexity index is 1290. The van der Waals surface area contributed by atoms with Crippen molar-refractivity contribution in [2.45, 2.75) is 78.0 Å². The molecule has 1 aliphatic rings. The Morgan fingerprint density at radius 1 is 1.14 bits per heavy atom. The van der Waals surface area contributed by atoms with Crippen molar-refractivity contribution < 1.29 is 28.6 Å². The molecule has 0 radical (unpaired) electrons. The molecule has 1 atom stereocenters. The van der Waals surface area contributed by atoms with Gasteiger partial charge in [0.1, 0.15) is 17.4 Å². The summed E-state index contributed by atoms with van der Waals surface area (Å²) in [5.74, 6) is 0.391. The predicted octanol–water partition coefficient (Wildman–Crippen LogP) is 3.40. The molecule has 5 N–H and O–H groups in total. The number of rotatable bonds is 12. The van der Waals surface area contributed by atoms with Crippen molar-refractivity contribution in [2.24, 2.45) is 5.73 Å². The number of likely N-dealkylation sites (N-methyl/N-ethyl adjacent to an activating group) is 1. The van der Waals surface area contributed by atoms with Crippen molar-refractivity contribution in [1.82, 2.24) is 20.2 Å². The van der Waals surface area contributed by atoms with Crippen LogP contribution < -0.4 is 26.4 Å². The first-order valence-electron chi connectivity index (χ1n) is 14.5. The van der Waals surface area contributed by atoms with Crippen LogP contribution in [0, 0.1) is 0 Å². The minimum Gasteiger partial charge on any atom is -0.497 e. The Labute approximate surface area is 253 Å². The highest BCUT2D eigenvalue weighted by Gasteiger charge is 2.27. The minimum atomic E-state index is -0.724. The van der Waals surface area contributed by atoms with Crippen LogP contribution in [0.2, 0.25) is 0 Å². The standard InChI is InChI=1S/C30H45N7O6/c1-8-23-26(33-20-10-13-42-14-11-20)36-27(24(35-23)25(31)38)34-21-15-19(16-22(17-21)41-7)9-12-32-28(39)18(2)37(6)29(40)43-30(3,4)5/h15-18,20H,8-14H2,1-7H3,(H2,31,38)(H,32,39)(H2,33,34,36)/t18-/m0/s1. The number of hydrogen-bond acceptors (Lipinski definition) is 10. The summed E-state index contributed by atoms with van der Waals surface area (Å²) in [6.45, 7) is 10.5. The molecule has 13 nitrogen and oxygen atoms in total. The number of carbonyl (C=O) groups excluding carboxylic acids is 3. The molecular formula is C30H45N7O6. The third-order valence-electron chi connectivity index (χ3n) is 6.92. The summed E-state index contributed by atoms with van der Waals surface area (Å²) in [6, 6.07) is 4.96. The number of primary amides is 1. The Hall–Kier alpha value is -4.13. The van der Waals surface area contributed by atoms with Crippen LogP contribution in [0.1, 0.15) is 69.2 Å². The number of carbonyl (C=O) groups is 3. The van der Waals surface area contributed by atoms with Crippen LogP contribution >= 0.6 is 0 Å². The van der Waals surface area contributed by atoms with E-state index in [-0.39, 0.29) is 23.5 Å². The van der Waals surface area contributed by atoms with E-state index >= 15 is 0 Å². The smallest absolute Gasteiger partial charge is 0.410 e. The van der Waals surface area contributed by atoms with Gasteiger partial charge < -0.3 is 35.9 Å². The molecule has 0 spiro atoms. The van der Waals surface area contributed by atoms with E-state index in [9.17, 15) is 14.4 Å². The number of ether oxygens (including phenoxy) is 3. The zero-order valence-corrected chi connectivity index (χ0v) is 26.2. The van der Waals surface area contributed by atoms with Crippen molar-refractivity contribution in [2.75, 3.05) is 44.5 Å². The third-order valence-corrected chi connectivity index (χ3v) is 6.92. The summed E-state index contributed by atoms with van der Waals surface area (Å²) >= 11 is 0. The van der Waals surface area contributed by atoms with Crippen LogP contribution in [0.4, 0.5) is 22.1 Å². The first-order valence-corrected chi connectivity index (χ1v) is 14.5. The Morgan fingerprint density at radius 3 is 2.44 bits per heavy atom. The maximum absolute atomic E-state index is 12.7. The van der Waals surface area contributed by atoms with Gasteiger partial charge in [0, 0.05) is 44.6 Å². The summed E-state index contributed by atoms with van der Waals surface area (Å²) in [4.78, 5) is 47.9. The maximum Gasteiger partial charge on any atom is 0.410 e. The molecule has 1 aliphatic heterocycles. The van der Waals surface area contributed by atoms with Crippen LogP contribution in [0.15, 0.2) is 18.2 Å². The molecule has 236 valence electrons. The summed E-state index contributed by atoms with van der Waals surface area (Å²) in [5, 5.41) is 9.52. The highest BCUT2D eigenvalue weighted by atomic mass is 16.6. The fourth-order valence-corrected chi connectivity index (χ4v) is 4.40. The largest absolute Gasteiger partial charge is 0.497 e. The number of nitrogens with one attached hydrogen (secondary N) is 3. The van der Waals surface area contributed by atoms with E-state index in [1.54, 1.807) is 40.9 Å². The lowest BCUT2D eigenvalue weighted by atomic mass is 10.1. The van der Waals surface area contributed by atoms with Gasteiger partial charge in [-0.2, -0.15) is 0 Å². The molecule has 3 amide bonds. The molecule has 0 saturated carbocycles. The molecule has 43 heavy (non-hydrogen) atoms. The van der Waals surface area contributed by atoms with Crippen LogP contribution in [-0.4, -0.2) is 84.4 Å². The zero-order chi connectivity index (χ0) is 31.7. The van der Waals surface area contributed by atoms with Gasteiger partial charge in [0.25, 0.3) is 5.91 Å². The molecule has 0 unspecified atom stereocenters. The third kappa shape index (κ3) is 9.70. The van der Waals surface area contributed by atoms with E-state index < -0.39 is 23.6 Å². The van der Waals surface area contributed by atoms with E-state index in [0.717, 1.165) is 18.4 Å². The van der Waals surface area contributed by atoms with Crippen LogP contribution in [0.3, 0.4) is 0 Å². The quantitative estimate of drug-likeness (QED) is 0.284. The number of aromatic nitrogens is 2. The number of aryl methyl sites for hydroxylation is 1. The van der Waals surface area contributed by atoms with Gasteiger partial charge in [-0.15, -0.1) is 0 Å². The molecule has 1 aromatic carbocycles. The first kappa shape index (κ1) is 33.4.